The number of anilines is 1. The third kappa shape index (κ3) is 3.89. The van der Waals surface area contributed by atoms with Gasteiger partial charge in [0.05, 0.1) is 15.6 Å². The number of rotatable bonds is 6. The number of nitro groups is 1. The molecule has 0 aliphatic carbocycles. The molecule has 0 amide bonds. The molecule has 0 aliphatic heterocycles. The first-order chi connectivity index (χ1) is 8.08. The summed E-state index contributed by atoms with van der Waals surface area (Å²) in [4.78, 5) is 10.1. The number of non-ortho nitro benzene ring substituents is 1. The highest BCUT2D eigenvalue weighted by atomic mass is 35.5. The Balaban J connectivity index is 2.81. The van der Waals surface area contributed by atoms with Crippen LogP contribution in [0.25, 0.3) is 0 Å². The molecule has 5 heteroatoms. The highest BCUT2D eigenvalue weighted by Crippen LogP contribution is 2.27. The summed E-state index contributed by atoms with van der Waals surface area (Å²) >= 11 is 6.01. The van der Waals surface area contributed by atoms with E-state index in [-0.39, 0.29) is 5.69 Å². The first-order valence-corrected chi connectivity index (χ1v) is 6.16. The van der Waals surface area contributed by atoms with Gasteiger partial charge in [-0.05, 0) is 18.9 Å². The Labute approximate surface area is 106 Å². The van der Waals surface area contributed by atoms with Crippen molar-refractivity contribution in [1.29, 1.82) is 0 Å². The maximum Gasteiger partial charge on any atom is 0.271 e. The van der Waals surface area contributed by atoms with E-state index in [4.69, 9.17) is 11.6 Å². The summed E-state index contributed by atoms with van der Waals surface area (Å²) in [5, 5.41) is 14.3. The van der Waals surface area contributed by atoms with Crippen LogP contribution < -0.4 is 5.32 Å². The van der Waals surface area contributed by atoms with Crippen molar-refractivity contribution in [2.45, 2.75) is 39.2 Å². The third-order valence-electron chi connectivity index (χ3n) is 2.65. The monoisotopic (exact) mass is 256 g/mol. The van der Waals surface area contributed by atoms with Gasteiger partial charge in [-0.25, -0.2) is 0 Å². The zero-order valence-electron chi connectivity index (χ0n) is 10.1. The molecule has 0 radical (unpaired) electrons. The van der Waals surface area contributed by atoms with E-state index < -0.39 is 4.92 Å². The van der Waals surface area contributed by atoms with Gasteiger partial charge in [0.25, 0.3) is 5.69 Å². The molecule has 0 spiro atoms. The van der Waals surface area contributed by atoms with E-state index in [1.54, 1.807) is 6.07 Å². The molecule has 0 saturated heterocycles. The van der Waals surface area contributed by atoms with Crippen molar-refractivity contribution in [3.63, 3.8) is 0 Å². The number of hydrogen-bond acceptors (Lipinski definition) is 3. The highest BCUT2D eigenvalue weighted by Gasteiger charge is 2.11. The molecule has 0 fully saturated rings. The van der Waals surface area contributed by atoms with Crippen LogP contribution in [-0.2, 0) is 0 Å². The molecule has 0 aromatic heterocycles. The predicted molar refractivity (Wildman–Crippen MR) is 70.7 cm³/mol. The zero-order valence-corrected chi connectivity index (χ0v) is 10.8. The number of hydrogen-bond donors (Lipinski definition) is 1. The normalized spacial score (nSPS) is 12.2. The van der Waals surface area contributed by atoms with E-state index in [1.165, 1.54) is 12.1 Å². The van der Waals surface area contributed by atoms with Crippen LogP contribution in [-0.4, -0.2) is 11.0 Å². The summed E-state index contributed by atoms with van der Waals surface area (Å²) in [5.41, 5.74) is 0.779. The van der Waals surface area contributed by atoms with Crippen molar-refractivity contribution in [3.8, 4) is 0 Å². The summed E-state index contributed by atoms with van der Waals surface area (Å²) in [7, 11) is 0. The topological polar surface area (TPSA) is 55.2 Å². The van der Waals surface area contributed by atoms with Crippen LogP contribution in [0.4, 0.5) is 11.4 Å². The summed E-state index contributed by atoms with van der Waals surface area (Å²) in [6.07, 6.45) is 3.15. The second kappa shape index (κ2) is 6.45. The molecule has 4 nitrogen and oxygen atoms in total. The van der Waals surface area contributed by atoms with Gasteiger partial charge < -0.3 is 5.32 Å². The standard InChI is InChI=1S/C12H17ClN2O2/c1-3-5-9(4-2)14-12-7-6-10(15(16)17)8-11(12)13/h6-9,14H,3-5H2,1-2H3. The smallest absolute Gasteiger partial charge is 0.271 e. The maximum atomic E-state index is 10.6. The Morgan fingerprint density at radius 2 is 2.18 bits per heavy atom. The fourth-order valence-electron chi connectivity index (χ4n) is 1.68. The molecule has 1 unspecified atom stereocenters. The summed E-state index contributed by atoms with van der Waals surface area (Å²) in [6, 6.07) is 4.87. The molecular formula is C12H17ClN2O2. The Morgan fingerprint density at radius 3 is 2.65 bits per heavy atom. The third-order valence-corrected chi connectivity index (χ3v) is 2.97. The number of nitro benzene ring substituents is 1. The van der Waals surface area contributed by atoms with Crippen LogP contribution in [0.1, 0.15) is 33.1 Å². The molecule has 0 saturated carbocycles. The van der Waals surface area contributed by atoms with E-state index in [2.05, 4.69) is 19.2 Å². The minimum absolute atomic E-state index is 0.0177. The quantitative estimate of drug-likeness (QED) is 0.612. The zero-order chi connectivity index (χ0) is 12.8. The molecular weight excluding hydrogens is 240 g/mol. The lowest BCUT2D eigenvalue weighted by atomic mass is 10.1. The van der Waals surface area contributed by atoms with E-state index in [0.717, 1.165) is 24.9 Å². The van der Waals surface area contributed by atoms with E-state index in [1.807, 2.05) is 0 Å². The first kappa shape index (κ1) is 13.8. The van der Waals surface area contributed by atoms with Crippen molar-refractivity contribution in [3.05, 3.63) is 33.3 Å². The van der Waals surface area contributed by atoms with Gasteiger partial charge in [-0.3, -0.25) is 10.1 Å². The van der Waals surface area contributed by atoms with Gasteiger partial charge in [-0.15, -0.1) is 0 Å². The lowest BCUT2D eigenvalue weighted by Crippen LogP contribution is -2.18. The van der Waals surface area contributed by atoms with Crippen LogP contribution in [0.15, 0.2) is 18.2 Å². The fourth-order valence-corrected chi connectivity index (χ4v) is 1.91. The van der Waals surface area contributed by atoms with Gasteiger partial charge in [0.2, 0.25) is 0 Å². The second-order valence-electron chi connectivity index (χ2n) is 3.96. The van der Waals surface area contributed by atoms with Gasteiger partial charge in [0.1, 0.15) is 0 Å². The van der Waals surface area contributed by atoms with Crippen molar-refractivity contribution in [2.75, 3.05) is 5.32 Å². The molecule has 17 heavy (non-hydrogen) atoms. The van der Waals surface area contributed by atoms with Crippen LogP contribution in [0.2, 0.25) is 5.02 Å². The maximum absolute atomic E-state index is 10.6. The molecule has 1 atom stereocenters. The minimum atomic E-state index is -0.445. The van der Waals surface area contributed by atoms with Gasteiger partial charge in [0, 0.05) is 18.2 Å². The van der Waals surface area contributed by atoms with E-state index >= 15 is 0 Å². The molecule has 1 aromatic carbocycles. The number of halogens is 1. The lowest BCUT2D eigenvalue weighted by Gasteiger charge is -2.18. The molecule has 94 valence electrons. The Kier molecular flexibility index (Phi) is 5.22. The SMILES string of the molecule is CCCC(CC)Nc1ccc([N+](=O)[O-])cc1Cl. The van der Waals surface area contributed by atoms with Crippen LogP contribution in [0.5, 0.6) is 0 Å². The van der Waals surface area contributed by atoms with Crippen LogP contribution in [0, 0.1) is 10.1 Å². The molecule has 1 rings (SSSR count). The Bertz CT molecular complexity index is 396. The number of benzene rings is 1. The molecule has 1 N–H and O–H groups in total. The fraction of sp³-hybridized carbons (Fsp3) is 0.500. The number of nitrogens with one attached hydrogen (secondary N) is 1. The number of nitrogens with zero attached hydrogens (tertiary/aromatic N) is 1. The first-order valence-electron chi connectivity index (χ1n) is 5.79. The molecule has 0 bridgehead atoms. The Hall–Kier alpha value is -1.29. The average Bonchev–Trinajstić information content (AvgIpc) is 2.30. The average molecular weight is 257 g/mol. The van der Waals surface area contributed by atoms with Gasteiger partial charge in [0.15, 0.2) is 0 Å². The van der Waals surface area contributed by atoms with Gasteiger partial charge in [-0.2, -0.15) is 0 Å². The summed E-state index contributed by atoms with van der Waals surface area (Å²) in [5.74, 6) is 0. The van der Waals surface area contributed by atoms with Gasteiger partial charge in [-0.1, -0.05) is 31.9 Å². The summed E-state index contributed by atoms with van der Waals surface area (Å²) in [6.45, 7) is 4.23. The second-order valence-corrected chi connectivity index (χ2v) is 4.37. The minimum Gasteiger partial charge on any atom is -0.381 e. The predicted octanol–water partition coefficient (Wildman–Crippen LogP) is 4.24. The van der Waals surface area contributed by atoms with Crippen LogP contribution >= 0.6 is 11.6 Å². The molecule has 0 heterocycles. The Morgan fingerprint density at radius 1 is 1.47 bits per heavy atom. The van der Waals surface area contributed by atoms with Crippen molar-refractivity contribution < 1.29 is 4.92 Å². The van der Waals surface area contributed by atoms with Crippen molar-refractivity contribution in [2.24, 2.45) is 0 Å². The van der Waals surface area contributed by atoms with Crippen molar-refractivity contribution >= 4 is 23.0 Å². The summed E-state index contributed by atoms with van der Waals surface area (Å²) < 4.78 is 0. The molecule has 0 aliphatic rings. The largest absolute Gasteiger partial charge is 0.381 e. The van der Waals surface area contributed by atoms with E-state index in [0.29, 0.717) is 11.1 Å². The van der Waals surface area contributed by atoms with E-state index in [9.17, 15) is 10.1 Å². The van der Waals surface area contributed by atoms with Crippen LogP contribution in [0.3, 0.4) is 0 Å². The van der Waals surface area contributed by atoms with Crippen molar-refractivity contribution in [1.82, 2.24) is 0 Å². The molecule has 1 aromatic rings. The van der Waals surface area contributed by atoms with Gasteiger partial charge >= 0.3 is 0 Å². The lowest BCUT2D eigenvalue weighted by molar-refractivity contribution is -0.384. The highest BCUT2D eigenvalue weighted by molar-refractivity contribution is 6.33.